The molecule has 0 unspecified atom stereocenters. The smallest absolute Gasteiger partial charge is 0.387 e. The van der Waals surface area contributed by atoms with E-state index >= 15 is 0 Å². The van der Waals surface area contributed by atoms with Gasteiger partial charge in [-0.2, -0.15) is 8.78 Å². The molecule has 0 aliphatic carbocycles. The van der Waals surface area contributed by atoms with Gasteiger partial charge >= 0.3 is 12.6 Å². The first kappa shape index (κ1) is 17.1. The van der Waals surface area contributed by atoms with E-state index in [-0.39, 0.29) is 11.3 Å². The molecule has 124 valence electrons. The molecule has 1 aromatic carbocycles. The number of halogens is 2. The molecule has 5 nitrogen and oxygen atoms in total. The lowest BCUT2D eigenvalue weighted by Crippen LogP contribution is -2.45. The minimum Gasteiger partial charge on any atom is -0.466 e. The highest BCUT2D eigenvalue weighted by molar-refractivity contribution is 7.80. The summed E-state index contributed by atoms with van der Waals surface area (Å²) in [6.07, 6.45) is 0.501. The van der Waals surface area contributed by atoms with Crippen molar-refractivity contribution in [2.75, 3.05) is 7.11 Å². The van der Waals surface area contributed by atoms with E-state index in [1.807, 2.05) is 6.92 Å². The highest BCUT2D eigenvalue weighted by Crippen LogP contribution is 2.34. The molecule has 1 atom stereocenters. The van der Waals surface area contributed by atoms with Crippen molar-refractivity contribution in [3.05, 3.63) is 41.1 Å². The predicted molar refractivity (Wildman–Crippen MR) is 84.0 cm³/mol. The van der Waals surface area contributed by atoms with Gasteiger partial charge in [0.15, 0.2) is 5.11 Å². The van der Waals surface area contributed by atoms with Crippen molar-refractivity contribution >= 4 is 23.3 Å². The van der Waals surface area contributed by atoms with Gasteiger partial charge in [-0.05, 0) is 24.7 Å². The molecule has 2 rings (SSSR count). The summed E-state index contributed by atoms with van der Waals surface area (Å²) in [6, 6.07) is 5.51. The number of thiocarbonyl (C=S) groups is 1. The molecule has 0 spiro atoms. The Labute approximate surface area is 137 Å². The quantitative estimate of drug-likeness (QED) is 0.634. The van der Waals surface area contributed by atoms with Gasteiger partial charge in [0.25, 0.3) is 0 Å². The van der Waals surface area contributed by atoms with Crippen LogP contribution >= 0.6 is 12.2 Å². The lowest BCUT2D eigenvalue weighted by atomic mass is 9.94. The number of ether oxygens (including phenoxy) is 2. The topological polar surface area (TPSA) is 59.6 Å². The zero-order valence-corrected chi connectivity index (χ0v) is 13.4. The molecule has 0 saturated heterocycles. The Kier molecular flexibility index (Phi) is 5.49. The van der Waals surface area contributed by atoms with Crippen molar-refractivity contribution in [3.63, 3.8) is 0 Å². The summed E-state index contributed by atoms with van der Waals surface area (Å²) in [4.78, 5) is 12.2. The molecule has 0 fully saturated rings. The Morgan fingerprint density at radius 2 is 2.09 bits per heavy atom. The molecule has 23 heavy (non-hydrogen) atoms. The molecule has 1 aliphatic heterocycles. The number of nitrogens with one attached hydrogen (secondary N) is 2. The second kappa shape index (κ2) is 7.36. The van der Waals surface area contributed by atoms with E-state index in [1.165, 1.54) is 13.2 Å². The van der Waals surface area contributed by atoms with E-state index in [0.717, 1.165) is 0 Å². The lowest BCUT2D eigenvalue weighted by molar-refractivity contribution is -0.136. The average Bonchev–Trinajstić information content (AvgIpc) is 2.53. The third-order valence-electron chi connectivity index (χ3n) is 3.36. The summed E-state index contributed by atoms with van der Waals surface area (Å²) in [7, 11) is 1.26. The van der Waals surface area contributed by atoms with Crippen LogP contribution in [-0.4, -0.2) is 24.8 Å². The number of methoxy groups -OCH3 is 1. The standard InChI is InChI=1S/C15H16F2N2O3S/c1-3-9-11(13(20)21-2)12(19-15(23)18-9)8-6-4-5-7-10(8)22-14(16)17/h4-7,12,14H,3H2,1-2H3,(H2,18,19,23)/t12-/m0/s1. The molecule has 8 heteroatoms. The van der Waals surface area contributed by atoms with Crippen LogP contribution in [0, 0.1) is 0 Å². The number of allylic oxidation sites excluding steroid dienone is 1. The molecule has 0 aromatic heterocycles. The first-order chi connectivity index (χ1) is 11.0. The number of para-hydroxylation sites is 1. The number of benzene rings is 1. The molecular weight excluding hydrogens is 326 g/mol. The summed E-state index contributed by atoms with van der Waals surface area (Å²) >= 11 is 5.14. The van der Waals surface area contributed by atoms with Crippen LogP contribution in [0.2, 0.25) is 0 Å². The van der Waals surface area contributed by atoms with Crippen LogP contribution in [-0.2, 0) is 9.53 Å². The van der Waals surface area contributed by atoms with Crippen LogP contribution in [0.4, 0.5) is 8.78 Å². The zero-order chi connectivity index (χ0) is 17.0. The fourth-order valence-electron chi connectivity index (χ4n) is 2.40. The molecule has 1 aliphatic rings. The predicted octanol–water partition coefficient (Wildman–Crippen LogP) is 2.64. The van der Waals surface area contributed by atoms with Crippen molar-refractivity contribution in [2.24, 2.45) is 0 Å². The van der Waals surface area contributed by atoms with Gasteiger partial charge in [0.05, 0.1) is 18.7 Å². The highest BCUT2D eigenvalue weighted by Gasteiger charge is 2.33. The molecule has 0 radical (unpaired) electrons. The van der Waals surface area contributed by atoms with Crippen molar-refractivity contribution in [3.8, 4) is 5.75 Å². The minimum absolute atomic E-state index is 0.0263. The lowest BCUT2D eigenvalue weighted by Gasteiger charge is -2.31. The third-order valence-corrected chi connectivity index (χ3v) is 3.58. The molecule has 1 aromatic rings. The second-order valence-electron chi connectivity index (χ2n) is 4.69. The van der Waals surface area contributed by atoms with E-state index in [1.54, 1.807) is 18.2 Å². The van der Waals surface area contributed by atoms with Crippen LogP contribution in [0.1, 0.15) is 24.9 Å². The van der Waals surface area contributed by atoms with Crippen molar-refractivity contribution in [1.29, 1.82) is 0 Å². The van der Waals surface area contributed by atoms with Gasteiger partial charge in [0, 0.05) is 11.3 Å². The summed E-state index contributed by atoms with van der Waals surface area (Å²) in [5, 5.41) is 6.11. The molecule has 1 heterocycles. The van der Waals surface area contributed by atoms with E-state index < -0.39 is 18.6 Å². The number of rotatable bonds is 5. The van der Waals surface area contributed by atoms with Crippen LogP contribution < -0.4 is 15.4 Å². The van der Waals surface area contributed by atoms with Gasteiger partial charge in [0.2, 0.25) is 0 Å². The van der Waals surface area contributed by atoms with E-state index in [0.29, 0.717) is 22.8 Å². The maximum absolute atomic E-state index is 12.6. The van der Waals surface area contributed by atoms with Crippen LogP contribution in [0.15, 0.2) is 35.5 Å². The number of carbonyl (C=O) groups excluding carboxylic acids is 1. The maximum Gasteiger partial charge on any atom is 0.387 e. The van der Waals surface area contributed by atoms with E-state index in [4.69, 9.17) is 17.0 Å². The monoisotopic (exact) mass is 342 g/mol. The van der Waals surface area contributed by atoms with Gasteiger partial charge in [-0.15, -0.1) is 0 Å². The first-order valence-electron chi connectivity index (χ1n) is 6.90. The van der Waals surface area contributed by atoms with Gasteiger partial charge < -0.3 is 20.1 Å². The normalized spacial score (nSPS) is 17.6. The number of hydrogen-bond acceptors (Lipinski definition) is 4. The minimum atomic E-state index is -2.97. The molecule has 0 amide bonds. The Bertz CT molecular complexity index is 649. The van der Waals surface area contributed by atoms with E-state index in [2.05, 4.69) is 15.4 Å². The largest absolute Gasteiger partial charge is 0.466 e. The van der Waals surface area contributed by atoms with Crippen molar-refractivity contribution in [1.82, 2.24) is 10.6 Å². The van der Waals surface area contributed by atoms with Gasteiger partial charge in [-0.25, -0.2) is 4.79 Å². The number of carbonyl (C=O) groups is 1. The second-order valence-corrected chi connectivity index (χ2v) is 5.09. The number of esters is 1. The third kappa shape index (κ3) is 3.76. The Hall–Kier alpha value is -2.22. The molecule has 0 bridgehead atoms. The Morgan fingerprint density at radius 3 is 2.70 bits per heavy atom. The molecule has 0 saturated carbocycles. The number of alkyl halides is 2. The van der Waals surface area contributed by atoms with Gasteiger partial charge in [-0.3, -0.25) is 0 Å². The van der Waals surface area contributed by atoms with Crippen LogP contribution in [0.3, 0.4) is 0 Å². The number of hydrogen-bond donors (Lipinski definition) is 2. The zero-order valence-electron chi connectivity index (χ0n) is 12.6. The SMILES string of the molecule is CCC1=C(C(=O)OC)[C@H](c2ccccc2OC(F)F)NC(=S)N1. The Morgan fingerprint density at radius 1 is 1.39 bits per heavy atom. The summed E-state index contributed by atoms with van der Waals surface area (Å²) < 4.78 is 34.6. The molecule has 2 N–H and O–H groups in total. The fraction of sp³-hybridized carbons (Fsp3) is 0.333. The van der Waals surface area contributed by atoms with Crippen molar-refractivity contribution in [2.45, 2.75) is 26.0 Å². The van der Waals surface area contributed by atoms with Gasteiger partial charge in [-0.1, -0.05) is 25.1 Å². The van der Waals surface area contributed by atoms with Crippen LogP contribution in [0.5, 0.6) is 5.75 Å². The average molecular weight is 342 g/mol. The van der Waals surface area contributed by atoms with Crippen LogP contribution in [0.25, 0.3) is 0 Å². The van der Waals surface area contributed by atoms with E-state index in [9.17, 15) is 13.6 Å². The molecular formula is C15H16F2N2O3S. The van der Waals surface area contributed by atoms with Gasteiger partial charge in [0.1, 0.15) is 5.75 Å². The Balaban J connectivity index is 2.55. The highest BCUT2D eigenvalue weighted by atomic mass is 32.1. The summed E-state index contributed by atoms with van der Waals surface area (Å²) in [6.45, 7) is -1.13. The fourth-order valence-corrected chi connectivity index (χ4v) is 2.64. The van der Waals surface area contributed by atoms with Crippen molar-refractivity contribution < 1.29 is 23.0 Å². The maximum atomic E-state index is 12.6. The first-order valence-corrected chi connectivity index (χ1v) is 7.31. The summed E-state index contributed by atoms with van der Waals surface area (Å²) in [5.74, 6) is -0.595. The summed E-state index contributed by atoms with van der Waals surface area (Å²) in [5.41, 5.74) is 1.24.